The quantitative estimate of drug-likeness (QED) is 0.375. The molecule has 1 unspecified atom stereocenters. The number of carbonyl (C=O) groups is 3. The molecule has 1 aliphatic rings. The molecular weight excluding hydrogens is 196 g/mol. The van der Waals surface area contributed by atoms with Crippen molar-refractivity contribution >= 4 is 35.2 Å². The van der Waals surface area contributed by atoms with Crippen LogP contribution < -0.4 is 21.7 Å². The third-order valence-corrected chi connectivity index (χ3v) is 1.62. The molecular formula is C5H6N4O3S. The van der Waals surface area contributed by atoms with E-state index in [1.807, 2.05) is 5.32 Å². The molecule has 7 nitrogen and oxygen atoms in total. The molecule has 0 aromatic carbocycles. The Balaban J connectivity index is 2.73. The van der Waals surface area contributed by atoms with Crippen LogP contribution in [0.5, 0.6) is 0 Å². The summed E-state index contributed by atoms with van der Waals surface area (Å²) in [7, 11) is 0. The predicted molar refractivity (Wildman–Crippen MR) is 45.8 cm³/mol. The van der Waals surface area contributed by atoms with E-state index in [9.17, 15) is 14.4 Å². The van der Waals surface area contributed by atoms with Crippen molar-refractivity contribution in [2.24, 2.45) is 5.73 Å². The molecule has 0 aromatic rings. The average molecular weight is 202 g/mol. The Morgan fingerprint density at radius 1 is 1.46 bits per heavy atom. The van der Waals surface area contributed by atoms with Crippen molar-refractivity contribution in [1.82, 2.24) is 16.0 Å². The predicted octanol–water partition coefficient (Wildman–Crippen LogP) is -1.81. The van der Waals surface area contributed by atoms with Gasteiger partial charge in [-0.25, -0.2) is 9.59 Å². The van der Waals surface area contributed by atoms with Gasteiger partial charge in [-0.15, -0.1) is 0 Å². The first-order chi connectivity index (χ1) is 6.00. The number of nitrogens with two attached hydrogens (primary N) is 1. The number of nitrogens with one attached hydrogen (secondary N) is 3. The lowest BCUT2D eigenvalue weighted by atomic mass is 10.2. The number of thiocarbonyl (C=S) groups is 1. The Morgan fingerprint density at radius 3 is 2.54 bits per heavy atom. The molecule has 0 aliphatic carbocycles. The molecule has 8 heteroatoms. The van der Waals surface area contributed by atoms with Gasteiger partial charge in [0, 0.05) is 0 Å². The second-order valence-corrected chi connectivity index (χ2v) is 2.69. The highest BCUT2D eigenvalue weighted by Gasteiger charge is 2.31. The van der Waals surface area contributed by atoms with Crippen LogP contribution in [0, 0.1) is 0 Å². The first-order valence-corrected chi connectivity index (χ1v) is 3.63. The molecule has 0 spiro atoms. The summed E-state index contributed by atoms with van der Waals surface area (Å²) >= 11 is 4.64. The van der Waals surface area contributed by atoms with Crippen LogP contribution in [-0.2, 0) is 4.79 Å². The maximum atomic E-state index is 11.0. The number of carbonyl (C=O) groups excluding carboxylic acids is 3. The van der Waals surface area contributed by atoms with E-state index in [0.717, 1.165) is 0 Å². The van der Waals surface area contributed by atoms with Crippen LogP contribution in [0.1, 0.15) is 0 Å². The zero-order valence-electron chi connectivity index (χ0n) is 6.29. The van der Waals surface area contributed by atoms with Gasteiger partial charge in [0.2, 0.25) is 0 Å². The topological polar surface area (TPSA) is 113 Å². The van der Waals surface area contributed by atoms with Gasteiger partial charge in [-0.05, 0) is 0 Å². The molecule has 1 fully saturated rings. The molecule has 0 saturated carbocycles. The lowest BCUT2D eigenvalue weighted by molar-refractivity contribution is -0.120. The molecule has 1 saturated heterocycles. The number of primary amides is 1. The minimum absolute atomic E-state index is 0.0763. The van der Waals surface area contributed by atoms with Gasteiger partial charge in [-0.1, -0.05) is 12.2 Å². The first kappa shape index (κ1) is 9.39. The second kappa shape index (κ2) is 3.35. The molecule has 1 aliphatic heterocycles. The number of rotatable bonds is 1. The van der Waals surface area contributed by atoms with Crippen LogP contribution in [0.4, 0.5) is 9.59 Å². The van der Waals surface area contributed by atoms with Crippen molar-refractivity contribution in [3.63, 3.8) is 0 Å². The van der Waals surface area contributed by atoms with E-state index >= 15 is 0 Å². The number of hydrogen-bond donors (Lipinski definition) is 4. The fraction of sp³-hybridized carbons (Fsp3) is 0.200. The fourth-order valence-electron chi connectivity index (χ4n) is 0.792. The summed E-state index contributed by atoms with van der Waals surface area (Å²) in [6.45, 7) is 0. The van der Waals surface area contributed by atoms with E-state index in [2.05, 4.69) is 22.9 Å². The Labute approximate surface area is 78.0 Å². The largest absolute Gasteiger partial charge is 0.352 e. The van der Waals surface area contributed by atoms with E-state index < -0.39 is 24.0 Å². The summed E-state index contributed by atoms with van der Waals surface area (Å²) in [6, 6.07) is -2.68. The summed E-state index contributed by atoms with van der Waals surface area (Å²) in [4.78, 5) is 32.0. The molecule has 0 bridgehead atoms. The van der Waals surface area contributed by atoms with Gasteiger partial charge in [0.15, 0.2) is 6.04 Å². The van der Waals surface area contributed by atoms with Crippen molar-refractivity contribution in [2.45, 2.75) is 6.04 Å². The third-order valence-electron chi connectivity index (χ3n) is 1.28. The van der Waals surface area contributed by atoms with Crippen LogP contribution in [-0.4, -0.2) is 29.0 Å². The molecule has 1 rings (SSSR count). The molecule has 1 atom stereocenters. The molecule has 0 radical (unpaired) electrons. The molecule has 70 valence electrons. The third kappa shape index (κ3) is 2.12. The number of imide groups is 1. The highest BCUT2D eigenvalue weighted by atomic mass is 32.1. The van der Waals surface area contributed by atoms with Crippen LogP contribution in [0.25, 0.3) is 0 Å². The Kier molecular flexibility index (Phi) is 2.42. The SMILES string of the molecule is NC(=O)NC1C(=O)NC(=O)NC1=S. The van der Waals surface area contributed by atoms with E-state index in [1.165, 1.54) is 0 Å². The molecule has 5 amide bonds. The van der Waals surface area contributed by atoms with E-state index in [1.54, 1.807) is 0 Å². The van der Waals surface area contributed by atoms with E-state index in [0.29, 0.717) is 0 Å². The van der Waals surface area contributed by atoms with E-state index in [-0.39, 0.29) is 4.99 Å². The number of amides is 5. The monoisotopic (exact) mass is 202 g/mol. The minimum atomic E-state index is -1.08. The van der Waals surface area contributed by atoms with Gasteiger partial charge in [-0.2, -0.15) is 0 Å². The standard InChI is InChI=1S/C5H6N4O3S/c6-4(11)7-1-2(10)8-5(12)9-3(1)13/h1H,(H3,6,7,11)(H2,8,9,10,12,13). The molecule has 13 heavy (non-hydrogen) atoms. The maximum Gasteiger partial charge on any atom is 0.326 e. The normalized spacial score (nSPS) is 21.8. The van der Waals surface area contributed by atoms with Crippen molar-refractivity contribution in [2.75, 3.05) is 0 Å². The van der Waals surface area contributed by atoms with Gasteiger partial charge in [0.25, 0.3) is 5.91 Å². The summed E-state index contributed by atoms with van der Waals surface area (Å²) in [5, 5.41) is 6.15. The van der Waals surface area contributed by atoms with Crippen molar-refractivity contribution in [1.29, 1.82) is 0 Å². The Hall–Kier alpha value is -1.70. The van der Waals surface area contributed by atoms with Crippen molar-refractivity contribution in [3.8, 4) is 0 Å². The molecule has 1 heterocycles. The summed E-state index contributed by atoms with van der Waals surface area (Å²) in [5.74, 6) is -0.701. The summed E-state index contributed by atoms with van der Waals surface area (Å²) < 4.78 is 0. The van der Waals surface area contributed by atoms with Crippen molar-refractivity contribution in [3.05, 3.63) is 0 Å². The van der Waals surface area contributed by atoms with E-state index in [4.69, 9.17) is 5.73 Å². The number of hydrogen-bond acceptors (Lipinski definition) is 4. The first-order valence-electron chi connectivity index (χ1n) is 3.22. The zero-order chi connectivity index (χ0) is 10.0. The van der Waals surface area contributed by atoms with Crippen LogP contribution >= 0.6 is 12.2 Å². The van der Waals surface area contributed by atoms with Crippen LogP contribution in [0.15, 0.2) is 0 Å². The number of urea groups is 2. The van der Waals surface area contributed by atoms with Crippen molar-refractivity contribution < 1.29 is 14.4 Å². The Morgan fingerprint density at radius 2 is 2.08 bits per heavy atom. The maximum absolute atomic E-state index is 11.0. The Bertz CT molecular complexity index is 282. The van der Waals surface area contributed by atoms with Gasteiger partial charge in [0.1, 0.15) is 4.99 Å². The summed E-state index contributed by atoms with van der Waals surface area (Å²) in [6.07, 6.45) is 0. The minimum Gasteiger partial charge on any atom is -0.352 e. The lowest BCUT2D eigenvalue weighted by Crippen LogP contribution is -2.64. The van der Waals surface area contributed by atoms with Crippen LogP contribution in [0.3, 0.4) is 0 Å². The fourth-order valence-corrected chi connectivity index (χ4v) is 1.05. The average Bonchev–Trinajstić information content (AvgIpc) is 1.96. The smallest absolute Gasteiger partial charge is 0.326 e. The zero-order valence-corrected chi connectivity index (χ0v) is 7.10. The van der Waals surface area contributed by atoms with Crippen LogP contribution in [0.2, 0.25) is 0 Å². The molecule has 5 N–H and O–H groups in total. The van der Waals surface area contributed by atoms with Gasteiger partial charge in [0.05, 0.1) is 0 Å². The molecule has 0 aromatic heterocycles. The highest BCUT2D eigenvalue weighted by Crippen LogP contribution is 1.93. The van der Waals surface area contributed by atoms with Gasteiger partial charge < -0.3 is 11.1 Å². The van der Waals surface area contributed by atoms with Gasteiger partial charge in [-0.3, -0.25) is 15.4 Å². The lowest BCUT2D eigenvalue weighted by Gasteiger charge is -2.22. The second-order valence-electron chi connectivity index (χ2n) is 2.25. The summed E-state index contributed by atoms with van der Waals surface area (Å²) in [5.41, 5.74) is 4.78. The highest BCUT2D eigenvalue weighted by molar-refractivity contribution is 7.80. The van der Waals surface area contributed by atoms with Gasteiger partial charge >= 0.3 is 12.1 Å².